The Hall–Kier alpha value is -3.02. The lowest BCUT2D eigenvalue weighted by atomic mass is 10.1. The molecule has 0 saturated carbocycles. The van der Waals surface area contributed by atoms with Crippen molar-refractivity contribution in [1.82, 2.24) is 10.2 Å². The highest BCUT2D eigenvalue weighted by atomic mass is 16.5. The summed E-state index contributed by atoms with van der Waals surface area (Å²) in [6, 6.07) is 15.0. The molecule has 0 saturated heterocycles. The van der Waals surface area contributed by atoms with Gasteiger partial charge in [0.25, 0.3) is 0 Å². The first-order valence-electron chi connectivity index (χ1n) is 11.8. The highest BCUT2D eigenvalue weighted by Crippen LogP contribution is 2.18. The second-order valence-electron chi connectivity index (χ2n) is 8.38. The Labute approximate surface area is 198 Å². The monoisotopic (exact) mass is 454 g/mol. The first-order valence-corrected chi connectivity index (χ1v) is 11.8. The van der Waals surface area contributed by atoms with Gasteiger partial charge in [-0.05, 0) is 62.9 Å². The van der Waals surface area contributed by atoms with Crippen LogP contribution in [0.5, 0.6) is 11.5 Å². The van der Waals surface area contributed by atoms with Gasteiger partial charge in [0.05, 0.1) is 13.7 Å². The second-order valence-corrected chi connectivity index (χ2v) is 8.38. The summed E-state index contributed by atoms with van der Waals surface area (Å²) in [6.45, 7) is 8.82. The topological polar surface area (TPSA) is 67.9 Å². The number of ether oxygens (including phenoxy) is 2. The highest BCUT2D eigenvalue weighted by molar-refractivity contribution is 5.87. The number of hydrogen-bond acceptors (Lipinski definition) is 4. The molecule has 180 valence electrons. The van der Waals surface area contributed by atoms with Crippen LogP contribution in [0.3, 0.4) is 0 Å². The molecule has 2 rings (SSSR count). The number of nitrogens with one attached hydrogen (secondary N) is 1. The molecular formula is C27H38N2O4. The Bertz CT molecular complexity index is 865. The summed E-state index contributed by atoms with van der Waals surface area (Å²) < 4.78 is 10.9. The number of hydrogen-bond donors (Lipinski definition) is 1. The van der Waals surface area contributed by atoms with Gasteiger partial charge in [-0.25, -0.2) is 0 Å². The van der Waals surface area contributed by atoms with Crippen LogP contribution < -0.4 is 14.8 Å². The second kappa shape index (κ2) is 13.5. The van der Waals surface area contributed by atoms with E-state index in [1.165, 1.54) is 0 Å². The van der Waals surface area contributed by atoms with E-state index in [1.54, 1.807) is 12.0 Å². The van der Waals surface area contributed by atoms with Crippen LogP contribution >= 0.6 is 0 Å². The normalized spacial score (nSPS) is 12.5. The molecule has 6 nitrogen and oxygen atoms in total. The molecule has 2 aromatic rings. The van der Waals surface area contributed by atoms with Crippen LogP contribution in [0.2, 0.25) is 0 Å². The maximum Gasteiger partial charge on any atom is 0.243 e. The quantitative estimate of drug-likeness (QED) is 0.438. The van der Waals surface area contributed by atoms with Gasteiger partial charge in [0.1, 0.15) is 17.5 Å². The number of carbonyl (C=O) groups is 2. The Morgan fingerprint density at radius 2 is 1.61 bits per heavy atom. The van der Waals surface area contributed by atoms with Crippen molar-refractivity contribution >= 4 is 11.8 Å². The zero-order valence-corrected chi connectivity index (χ0v) is 20.6. The molecule has 0 aliphatic rings. The fraction of sp³-hybridized carbons (Fsp3) is 0.481. The molecule has 33 heavy (non-hydrogen) atoms. The van der Waals surface area contributed by atoms with E-state index in [4.69, 9.17) is 9.47 Å². The summed E-state index contributed by atoms with van der Waals surface area (Å²) in [5.74, 6) is 1.37. The molecule has 0 aliphatic carbocycles. The van der Waals surface area contributed by atoms with Gasteiger partial charge in [0, 0.05) is 19.0 Å². The molecule has 0 bridgehead atoms. The minimum Gasteiger partial charge on any atom is -0.497 e. The van der Waals surface area contributed by atoms with Gasteiger partial charge >= 0.3 is 0 Å². The average Bonchev–Trinajstić information content (AvgIpc) is 2.83. The number of rotatable bonds is 13. The van der Waals surface area contributed by atoms with Crippen molar-refractivity contribution in [3.05, 3.63) is 59.7 Å². The standard InChI is InChI=1S/C27H38N2O4/c1-6-21(4)28-27(31)25(7-2)29(19-22-12-10-20(3)11-13-22)26(30)9-8-18-33-24-16-14-23(32-5)15-17-24/h10-17,21,25H,6-9,18-19H2,1-5H3,(H,28,31)/t21-,25-/m1/s1. The molecule has 0 aromatic heterocycles. The van der Waals surface area contributed by atoms with Crippen LogP contribution in [0.25, 0.3) is 0 Å². The SMILES string of the molecule is CC[C@@H](C)NC(=O)[C@@H](CC)N(Cc1ccc(C)cc1)C(=O)CCCOc1ccc(OC)cc1. The lowest BCUT2D eigenvalue weighted by Crippen LogP contribution is -2.50. The van der Waals surface area contributed by atoms with E-state index in [1.807, 2.05) is 76.2 Å². The Balaban J connectivity index is 2.04. The number of amides is 2. The molecule has 0 spiro atoms. The molecule has 0 heterocycles. The van der Waals surface area contributed by atoms with Crippen LogP contribution in [-0.4, -0.2) is 42.5 Å². The van der Waals surface area contributed by atoms with Gasteiger partial charge in [-0.3, -0.25) is 9.59 Å². The third-order valence-electron chi connectivity index (χ3n) is 5.72. The van der Waals surface area contributed by atoms with E-state index in [0.29, 0.717) is 32.4 Å². The maximum atomic E-state index is 13.2. The summed E-state index contributed by atoms with van der Waals surface area (Å²) in [6.07, 6.45) is 2.28. The summed E-state index contributed by atoms with van der Waals surface area (Å²) >= 11 is 0. The molecule has 0 radical (unpaired) electrons. The lowest BCUT2D eigenvalue weighted by Gasteiger charge is -2.31. The van der Waals surface area contributed by atoms with Gasteiger partial charge in [-0.2, -0.15) is 0 Å². The van der Waals surface area contributed by atoms with Gasteiger partial charge in [-0.15, -0.1) is 0 Å². The molecule has 0 unspecified atom stereocenters. The molecular weight excluding hydrogens is 416 g/mol. The molecule has 2 atom stereocenters. The van der Waals surface area contributed by atoms with Gasteiger partial charge < -0.3 is 19.7 Å². The van der Waals surface area contributed by atoms with Crippen LogP contribution in [0.4, 0.5) is 0 Å². The van der Waals surface area contributed by atoms with Gasteiger partial charge in [0.2, 0.25) is 11.8 Å². The summed E-state index contributed by atoms with van der Waals surface area (Å²) in [5.41, 5.74) is 2.17. The first-order chi connectivity index (χ1) is 15.9. The molecule has 0 fully saturated rings. The van der Waals surface area contributed by atoms with Crippen molar-refractivity contribution in [3.8, 4) is 11.5 Å². The molecule has 1 N–H and O–H groups in total. The number of methoxy groups -OCH3 is 1. The number of carbonyl (C=O) groups excluding carboxylic acids is 2. The van der Waals surface area contributed by atoms with Crippen molar-refractivity contribution in [2.45, 2.75) is 72.0 Å². The summed E-state index contributed by atoms with van der Waals surface area (Å²) in [7, 11) is 1.62. The van der Waals surface area contributed by atoms with Crippen molar-refractivity contribution < 1.29 is 19.1 Å². The zero-order valence-electron chi connectivity index (χ0n) is 20.6. The minimum absolute atomic E-state index is 0.0416. The van der Waals surface area contributed by atoms with E-state index in [9.17, 15) is 9.59 Å². The number of nitrogens with zero attached hydrogens (tertiary/aromatic N) is 1. The van der Waals surface area contributed by atoms with Crippen molar-refractivity contribution in [2.24, 2.45) is 0 Å². The van der Waals surface area contributed by atoms with Gasteiger partial charge in [-0.1, -0.05) is 43.7 Å². The van der Waals surface area contributed by atoms with E-state index < -0.39 is 6.04 Å². The molecule has 2 amide bonds. The molecule has 2 aromatic carbocycles. The predicted molar refractivity (Wildman–Crippen MR) is 131 cm³/mol. The van der Waals surface area contributed by atoms with E-state index in [-0.39, 0.29) is 17.9 Å². The van der Waals surface area contributed by atoms with Crippen molar-refractivity contribution in [2.75, 3.05) is 13.7 Å². The van der Waals surface area contributed by atoms with E-state index in [2.05, 4.69) is 5.32 Å². The summed E-state index contributed by atoms with van der Waals surface area (Å²) in [4.78, 5) is 27.9. The Kier molecular flexibility index (Phi) is 10.7. The smallest absolute Gasteiger partial charge is 0.243 e. The van der Waals surface area contributed by atoms with Crippen molar-refractivity contribution in [3.63, 3.8) is 0 Å². The molecule has 0 aliphatic heterocycles. The zero-order chi connectivity index (χ0) is 24.2. The van der Waals surface area contributed by atoms with Gasteiger partial charge in [0.15, 0.2) is 0 Å². The number of aryl methyl sites for hydroxylation is 1. The third-order valence-corrected chi connectivity index (χ3v) is 5.72. The Morgan fingerprint density at radius 1 is 0.970 bits per heavy atom. The third kappa shape index (κ3) is 8.44. The molecule has 6 heteroatoms. The van der Waals surface area contributed by atoms with Crippen LogP contribution in [-0.2, 0) is 16.1 Å². The fourth-order valence-corrected chi connectivity index (χ4v) is 3.48. The minimum atomic E-state index is -0.504. The largest absolute Gasteiger partial charge is 0.497 e. The fourth-order valence-electron chi connectivity index (χ4n) is 3.48. The predicted octanol–water partition coefficient (Wildman–Crippen LogP) is 4.88. The van der Waals surface area contributed by atoms with Crippen LogP contribution in [0, 0.1) is 6.92 Å². The van der Waals surface area contributed by atoms with Crippen LogP contribution in [0.15, 0.2) is 48.5 Å². The first kappa shape index (κ1) is 26.2. The lowest BCUT2D eigenvalue weighted by molar-refractivity contribution is -0.141. The Morgan fingerprint density at radius 3 is 2.18 bits per heavy atom. The summed E-state index contributed by atoms with van der Waals surface area (Å²) in [5, 5.41) is 3.04. The average molecular weight is 455 g/mol. The number of benzene rings is 2. The van der Waals surface area contributed by atoms with E-state index in [0.717, 1.165) is 29.0 Å². The maximum absolute atomic E-state index is 13.2. The van der Waals surface area contributed by atoms with Crippen LogP contribution in [0.1, 0.15) is 57.6 Å². The van der Waals surface area contributed by atoms with E-state index >= 15 is 0 Å². The van der Waals surface area contributed by atoms with Crippen molar-refractivity contribution in [1.29, 1.82) is 0 Å². The highest BCUT2D eigenvalue weighted by Gasteiger charge is 2.28.